The zero-order valence-electron chi connectivity index (χ0n) is 12.6. The lowest BCUT2D eigenvalue weighted by Gasteiger charge is -2.40. The van der Waals surface area contributed by atoms with E-state index in [0.717, 1.165) is 24.8 Å². The van der Waals surface area contributed by atoms with Gasteiger partial charge in [0.2, 0.25) is 0 Å². The van der Waals surface area contributed by atoms with Crippen molar-refractivity contribution in [1.29, 1.82) is 0 Å². The van der Waals surface area contributed by atoms with Crippen molar-refractivity contribution in [2.24, 2.45) is 5.92 Å². The number of carboxylic acids is 1. The molecule has 1 aromatic rings. The molecule has 1 N–H and O–H groups in total. The third-order valence-electron chi connectivity index (χ3n) is 4.64. The van der Waals surface area contributed by atoms with E-state index in [2.05, 4.69) is 13.8 Å². The van der Waals surface area contributed by atoms with E-state index in [1.54, 1.807) is 12.1 Å². The first-order chi connectivity index (χ1) is 9.93. The van der Waals surface area contributed by atoms with Crippen LogP contribution in [0.25, 0.3) is 0 Å². The van der Waals surface area contributed by atoms with Gasteiger partial charge in [-0.3, -0.25) is 4.79 Å². The van der Waals surface area contributed by atoms with Crippen LogP contribution < -0.4 is 0 Å². The second-order valence-electron chi connectivity index (χ2n) is 6.16. The molecule has 0 spiro atoms. The summed E-state index contributed by atoms with van der Waals surface area (Å²) >= 11 is 0. The van der Waals surface area contributed by atoms with Crippen molar-refractivity contribution < 1.29 is 19.0 Å². The van der Waals surface area contributed by atoms with Gasteiger partial charge in [0.05, 0.1) is 12.0 Å². The van der Waals surface area contributed by atoms with E-state index >= 15 is 0 Å². The predicted octanol–water partition coefficient (Wildman–Crippen LogP) is 3.98. The van der Waals surface area contributed by atoms with Crippen LogP contribution in [0.5, 0.6) is 0 Å². The van der Waals surface area contributed by atoms with Crippen molar-refractivity contribution in [2.75, 3.05) is 6.61 Å². The van der Waals surface area contributed by atoms with Crippen LogP contribution in [0.4, 0.5) is 4.39 Å². The quantitative estimate of drug-likeness (QED) is 0.893. The van der Waals surface area contributed by atoms with Gasteiger partial charge in [-0.1, -0.05) is 19.1 Å². The van der Waals surface area contributed by atoms with Gasteiger partial charge in [-0.05, 0) is 55.7 Å². The molecular formula is C17H23FO3. The summed E-state index contributed by atoms with van der Waals surface area (Å²) in [5, 5.41) is 9.21. The van der Waals surface area contributed by atoms with Crippen molar-refractivity contribution in [1.82, 2.24) is 0 Å². The van der Waals surface area contributed by atoms with Gasteiger partial charge in [0.25, 0.3) is 0 Å². The lowest BCUT2D eigenvalue weighted by atomic mass is 9.74. The van der Waals surface area contributed by atoms with Crippen LogP contribution in [0.1, 0.15) is 51.0 Å². The number of ether oxygens (including phenoxy) is 1. The molecule has 1 fully saturated rings. The maximum Gasteiger partial charge on any atom is 0.303 e. The first kappa shape index (κ1) is 16.0. The van der Waals surface area contributed by atoms with Crippen LogP contribution in [-0.2, 0) is 9.53 Å². The molecule has 2 rings (SSSR count). The molecule has 0 unspecified atom stereocenters. The van der Waals surface area contributed by atoms with E-state index in [-0.39, 0.29) is 29.7 Å². The Labute approximate surface area is 125 Å². The highest BCUT2D eigenvalue weighted by atomic mass is 19.1. The Balaban J connectivity index is 2.23. The average Bonchev–Trinajstić information content (AvgIpc) is 2.46. The third kappa shape index (κ3) is 4.03. The highest BCUT2D eigenvalue weighted by Crippen LogP contribution is 2.41. The summed E-state index contributed by atoms with van der Waals surface area (Å²) in [6.45, 7) is 4.83. The van der Waals surface area contributed by atoms with Crippen molar-refractivity contribution in [3.05, 3.63) is 35.6 Å². The highest BCUT2D eigenvalue weighted by molar-refractivity contribution is 5.68. The molecule has 0 aromatic heterocycles. The smallest absolute Gasteiger partial charge is 0.303 e. The van der Waals surface area contributed by atoms with Crippen molar-refractivity contribution in [2.45, 2.75) is 51.0 Å². The van der Waals surface area contributed by atoms with E-state index in [9.17, 15) is 14.3 Å². The molecule has 116 valence electrons. The zero-order valence-corrected chi connectivity index (χ0v) is 12.6. The Morgan fingerprint density at radius 1 is 1.48 bits per heavy atom. The van der Waals surface area contributed by atoms with Gasteiger partial charge in [-0.15, -0.1) is 0 Å². The molecule has 0 radical (unpaired) electrons. The molecule has 1 saturated heterocycles. The van der Waals surface area contributed by atoms with Crippen molar-refractivity contribution in [3.63, 3.8) is 0 Å². The van der Waals surface area contributed by atoms with E-state index in [1.165, 1.54) is 12.1 Å². The summed E-state index contributed by atoms with van der Waals surface area (Å²) in [5.41, 5.74) is 0.726. The Bertz CT molecular complexity index is 485. The second-order valence-corrected chi connectivity index (χ2v) is 6.16. The molecule has 0 amide bonds. The normalized spacial score (nSPS) is 27.3. The van der Waals surface area contributed by atoms with E-state index < -0.39 is 5.97 Å². The molecule has 1 aliphatic rings. The van der Waals surface area contributed by atoms with Crippen LogP contribution in [0, 0.1) is 11.7 Å². The zero-order chi connectivity index (χ0) is 15.5. The van der Waals surface area contributed by atoms with Crippen LogP contribution in [-0.4, -0.2) is 23.3 Å². The van der Waals surface area contributed by atoms with E-state index in [4.69, 9.17) is 4.74 Å². The predicted molar refractivity (Wildman–Crippen MR) is 78.8 cm³/mol. The summed E-state index contributed by atoms with van der Waals surface area (Å²) in [6.07, 6.45) is 2.69. The van der Waals surface area contributed by atoms with Gasteiger partial charge < -0.3 is 9.84 Å². The number of halogens is 1. The molecule has 0 saturated carbocycles. The summed E-state index contributed by atoms with van der Waals surface area (Å²) in [6, 6.07) is 6.23. The van der Waals surface area contributed by atoms with Gasteiger partial charge >= 0.3 is 5.97 Å². The molecule has 3 nitrogen and oxygen atoms in total. The first-order valence-corrected chi connectivity index (χ1v) is 7.55. The number of carboxylic acid groups (broad SMARTS) is 1. The maximum absolute atomic E-state index is 13.1. The summed E-state index contributed by atoms with van der Waals surface area (Å²) in [7, 11) is 0. The van der Waals surface area contributed by atoms with Gasteiger partial charge in [0, 0.05) is 6.61 Å². The van der Waals surface area contributed by atoms with E-state index in [1.807, 2.05) is 0 Å². The lowest BCUT2D eigenvalue weighted by molar-refractivity contribution is -0.139. The number of rotatable bonds is 5. The summed E-state index contributed by atoms with van der Waals surface area (Å²) < 4.78 is 18.9. The topological polar surface area (TPSA) is 46.5 Å². The Hall–Kier alpha value is -1.42. The molecular weight excluding hydrogens is 271 g/mol. The molecule has 0 aliphatic carbocycles. The van der Waals surface area contributed by atoms with Gasteiger partial charge in [0.15, 0.2) is 0 Å². The molecule has 1 aliphatic heterocycles. The van der Waals surface area contributed by atoms with Gasteiger partial charge in [-0.25, -0.2) is 4.39 Å². The molecule has 21 heavy (non-hydrogen) atoms. The standard InChI is InChI=1S/C17H23FO3/c1-3-17(2)11-13(8-9-21-17)15(10-16(19)20)12-4-6-14(18)7-5-12/h4-7,13,15H,3,8-11H2,1-2H3,(H,19,20)/t13-,15-,17+/m0/s1. The largest absolute Gasteiger partial charge is 0.481 e. The molecule has 4 heteroatoms. The highest BCUT2D eigenvalue weighted by Gasteiger charge is 2.36. The Kier molecular flexibility index (Phi) is 4.99. The minimum absolute atomic E-state index is 0.0795. The SMILES string of the molecule is CC[C@]1(C)C[C@@H]([C@@H](CC(=O)O)c2ccc(F)cc2)CCO1. The van der Waals surface area contributed by atoms with Crippen LogP contribution in [0.15, 0.2) is 24.3 Å². The van der Waals surface area contributed by atoms with Crippen LogP contribution >= 0.6 is 0 Å². The van der Waals surface area contributed by atoms with E-state index in [0.29, 0.717) is 6.61 Å². The number of hydrogen-bond donors (Lipinski definition) is 1. The number of carbonyl (C=O) groups is 1. The second kappa shape index (κ2) is 6.56. The van der Waals surface area contributed by atoms with Gasteiger partial charge in [0.1, 0.15) is 5.82 Å². The monoisotopic (exact) mass is 294 g/mol. The third-order valence-corrected chi connectivity index (χ3v) is 4.64. The van der Waals surface area contributed by atoms with Gasteiger partial charge in [-0.2, -0.15) is 0 Å². The van der Waals surface area contributed by atoms with Crippen molar-refractivity contribution in [3.8, 4) is 0 Å². The number of hydrogen-bond acceptors (Lipinski definition) is 2. The fraction of sp³-hybridized carbons (Fsp3) is 0.588. The average molecular weight is 294 g/mol. The lowest BCUT2D eigenvalue weighted by Crippen LogP contribution is -2.38. The molecule has 3 atom stereocenters. The molecule has 1 aromatic carbocycles. The fourth-order valence-electron chi connectivity index (χ4n) is 3.22. The summed E-state index contributed by atoms with van der Waals surface area (Å²) in [5.74, 6) is -0.935. The fourth-order valence-corrected chi connectivity index (χ4v) is 3.22. The number of benzene rings is 1. The van der Waals surface area contributed by atoms with Crippen molar-refractivity contribution >= 4 is 5.97 Å². The Morgan fingerprint density at radius 3 is 2.71 bits per heavy atom. The first-order valence-electron chi connectivity index (χ1n) is 7.55. The van der Waals surface area contributed by atoms with Crippen LogP contribution in [0.3, 0.4) is 0 Å². The molecule has 1 heterocycles. The minimum atomic E-state index is -0.811. The number of aliphatic carboxylic acids is 1. The summed E-state index contributed by atoms with van der Waals surface area (Å²) in [4.78, 5) is 11.2. The Morgan fingerprint density at radius 2 is 2.14 bits per heavy atom. The molecule has 0 bridgehead atoms. The maximum atomic E-state index is 13.1. The minimum Gasteiger partial charge on any atom is -0.481 e. The van der Waals surface area contributed by atoms with Crippen LogP contribution in [0.2, 0.25) is 0 Å².